The highest BCUT2D eigenvalue weighted by atomic mass is 35.5. The molecule has 0 aliphatic heterocycles. The predicted molar refractivity (Wildman–Crippen MR) is 80.8 cm³/mol. The molecule has 0 aromatic heterocycles. The average molecular weight is 317 g/mol. The van der Waals surface area contributed by atoms with Crippen LogP contribution < -0.4 is 10.1 Å². The van der Waals surface area contributed by atoms with Crippen LogP contribution in [0.25, 0.3) is 0 Å². The van der Waals surface area contributed by atoms with E-state index < -0.39 is 0 Å². The van der Waals surface area contributed by atoms with E-state index in [1.807, 2.05) is 25.2 Å². The smallest absolute Gasteiger partial charge is 0.146 e. The van der Waals surface area contributed by atoms with Crippen LogP contribution in [0.15, 0.2) is 36.4 Å². The van der Waals surface area contributed by atoms with Crippen molar-refractivity contribution in [1.29, 1.82) is 0 Å². The normalized spacial score (nSPS) is 10.5. The van der Waals surface area contributed by atoms with Crippen LogP contribution in [0.5, 0.6) is 11.5 Å². The quantitative estimate of drug-likeness (QED) is 0.841. The van der Waals surface area contributed by atoms with Crippen molar-refractivity contribution in [2.45, 2.75) is 6.54 Å². The molecule has 5 heteroatoms. The number of ether oxygens (including phenoxy) is 1. The first-order chi connectivity index (χ1) is 9.10. The number of halogens is 3. The van der Waals surface area contributed by atoms with E-state index in [9.17, 15) is 0 Å². The molecule has 0 heterocycles. The van der Waals surface area contributed by atoms with Crippen LogP contribution in [0.4, 0.5) is 0 Å². The van der Waals surface area contributed by atoms with Crippen molar-refractivity contribution in [3.63, 3.8) is 0 Å². The van der Waals surface area contributed by atoms with Crippen molar-refractivity contribution in [2.24, 2.45) is 0 Å². The molecular formula is C14H12Cl3NO. The fourth-order valence-corrected chi connectivity index (χ4v) is 2.14. The van der Waals surface area contributed by atoms with Crippen molar-refractivity contribution in [1.82, 2.24) is 5.32 Å². The Morgan fingerprint density at radius 3 is 2.37 bits per heavy atom. The summed E-state index contributed by atoms with van der Waals surface area (Å²) < 4.78 is 5.68. The maximum Gasteiger partial charge on any atom is 0.146 e. The average Bonchev–Trinajstić information content (AvgIpc) is 2.37. The zero-order valence-corrected chi connectivity index (χ0v) is 12.5. The third-order valence-electron chi connectivity index (χ3n) is 2.50. The van der Waals surface area contributed by atoms with E-state index in [2.05, 4.69) is 5.32 Å². The lowest BCUT2D eigenvalue weighted by Crippen LogP contribution is -2.04. The summed E-state index contributed by atoms with van der Waals surface area (Å²) in [5.74, 6) is 1.18. The van der Waals surface area contributed by atoms with E-state index in [1.165, 1.54) is 0 Å². The molecule has 0 radical (unpaired) electrons. The fourth-order valence-electron chi connectivity index (χ4n) is 1.61. The molecule has 2 rings (SSSR count). The van der Waals surface area contributed by atoms with Gasteiger partial charge in [-0.25, -0.2) is 0 Å². The molecule has 0 saturated heterocycles. The number of nitrogens with one attached hydrogen (secondary N) is 1. The van der Waals surface area contributed by atoms with Crippen LogP contribution in [0.1, 0.15) is 5.56 Å². The summed E-state index contributed by atoms with van der Waals surface area (Å²) >= 11 is 18.0. The Morgan fingerprint density at radius 1 is 0.947 bits per heavy atom. The molecule has 0 aliphatic rings. The standard InChI is InChI=1S/C14H12Cl3NO/c1-18-8-9-2-5-14(13(17)6-9)19-10-3-4-11(15)12(16)7-10/h2-7,18H,8H2,1H3. The Kier molecular flexibility index (Phi) is 4.94. The molecule has 100 valence electrons. The van der Waals surface area contributed by atoms with Gasteiger partial charge >= 0.3 is 0 Å². The van der Waals surface area contributed by atoms with Crippen LogP contribution in [0.3, 0.4) is 0 Å². The predicted octanol–water partition coefficient (Wildman–Crippen LogP) is 5.16. The minimum Gasteiger partial charge on any atom is -0.456 e. The minimum absolute atomic E-state index is 0.446. The van der Waals surface area contributed by atoms with Crippen LogP contribution in [0.2, 0.25) is 15.1 Å². The Hall–Kier alpha value is -0.930. The van der Waals surface area contributed by atoms with Crippen molar-refractivity contribution in [3.05, 3.63) is 57.0 Å². The van der Waals surface area contributed by atoms with E-state index >= 15 is 0 Å². The molecule has 0 fully saturated rings. The van der Waals surface area contributed by atoms with Gasteiger partial charge in [0, 0.05) is 12.6 Å². The number of rotatable bonds is 4. The Balaban J connectivity index is 2.20. The lowest BCUT2D eigenvalue weighted by atomic mass is 10.2. The van der Waals surface area contributed by atoms with Gasteiger partial charge in [-0.2, -0.15) is 0 Å². The molecule has 0 unspecified atom stereocenters. The Labute approximate surface area is 127 Å². The van der Waals surface area contributed by atoms with Gasteiger partial charge in [-0.05, 0) is 36.9 Å². The summed E-state index contributed by atoms with van der Waals surface area (Å²) in [5.41, 5.74) is 1.09. The van der Waals surface area contributed by atoms with Gasteiger partial charge in [0.05, 0.1) is 15.1 Å². The molecule has 2 nitrogen and oxygen atoms in total. The topological polar surface area (TPSA) is 21.3 Å². The first-order valence-electron chi connectivity index (χ1n) is 5.66. The maximum atomic E-state index is 6.17. The molecule has 0 atom stereocenters. The number of hydrogen-bond donors (Lipinski definition) is 1. The van der Waals surface area contributed by atoms with E-state index in [0.717, 1.165) is 12.1 Å². The molecule has 0 amide bonds. The lowest BCUT2D eigenvalue weighted by Gasteiger charge is -2.10. The van der Waals surface area contributed by atoms with Crippen LogP contribution in [0, 0.1) is 0 Å². The van der Waals surface area contributed by atoms with Gasteiger partial charge in [-0.3, -0.25) is 0 Å². The van der Waals surface area contributed by atoms with Crippen molar-refractivity contribution in [2.75, 3.05) is 7.05 Å². The molecule has 1 N–H and O–H groups in total. The summed E-state index contributed by atoms with van der Waals surface area (Å²) in [7, 11) is 1.88. The minimum atomic E-state index is 0.446. The monoisotopic (exact) mass is 315 g/mol. The molecule has 0 saturated carbocycles. The molecule has 0 spiro atoms. The molecular weight excluding hydrogens is 305 g/mol. The van der Waals surface area contributed by atoms with E-state index in [4.69, 9.17) is 39.5 Å². The van der Waals surface area contributed by atoms with Gasteiger partial charge < -0.3 is 10.1 Å². The molecule has 2 aromatic carbocycles. The van der Waals surface area contributed by atoms with Gasteiger partial charge in [-0.15, -0.1) is 0 Å². The van der Waals surface area contributed by atoms with Crippen LogP contribution >= 0.6 is 34.8 Å². The summed E-state index contributed by atoms with van der Waals surface area (Å²) in [6.45, 7) is 0.757. The molecule has 0 aliphatic carbocycles. The third kappa shape index (κ3) is 3.77. The second-order valence-corrected chi connectivity index (χ2v) is 5.19. The zero-order valence-electron chi connectivity index (χ0n) is 10.2. The van der Waals surface area contributed by atoms with E-state index in [-0.39, 0.29) is 0 Å². The highest BCUT2D eigenvalue weighted by molar-refractivity contribution is 6.42. The lowest BCUT2D eigenvalue weighted by molar-refractivity contribution is 0.482. The second kappa shape index (κ2) is 6.49. The van der Waals surface area contributed by atoms with Crippen LogP contribution in [-0.4, -0.2) is 7.05 Å². The highest BCUT2D eigenvalue weighted by Crippen LogP contribution is 2.33. The maximum absolute atomic E-state index is 6.17. The second-order valence-electron chi connectivity index (χ2n) is 3.97. The molecule has 19 heavy (non-hydrogen) atoms. The van der Waals surface area contributed by atoms with Crippen molar-refractivity contribution < 1.29 is 4.74 Å². The largest absolute Gasteiger partial charge is 0.456 e. The van der Waals surface area contributed by atoms with Gasteiger partial charge in [0.1, 0.15) is 11.5 Å². The van der Waals surface area contributed by atoms with Crippen LogP contribution in [-0.2, 0) is 6.54 Å². The first kappa shape index (κ1) is 14.5. The van der Waals surface area contributed by atoms with E-state index in [1.54, 1.807) is 18.2 Å². The van der Waals surface area contributed by atoms with Gasteiger partial charge in [0.15, 0.2) is 0 Å². The Morgan fingerprint density at radius 2 is 1.74 bits per heavy atom. The van der Waals surface area contributed by atoms with Crippen molar-refractivity contribution >= 4 is 34.8 Å². The zero-order chi connectivity index (χ0) is 13.8. The van der Waals surface area contributed by atoms with Gasteiger partial charge in [0.2, 0.25) is 0 Å². The number of hydrogen-bond acceptors (Lipinski definition) is 2. The summed E-state index contributed by atoms with van der Waals surface area (Å²) in [5, 5.41) is 4.55. The number of benzene rings is 2. The fraction of sp³-hybridized carbons (Fsp3) is 0.143. The highest BCUT2D eigenvalue weighted by Gasteiger charge is 2.06. The van der Waals surface area contributed by atoms with E-state index in [0.29, 0.717) is 26.6 Å². The third-order valence-corrected chi connectivity index (χ3v) is 3.53. The summed E-state index contributed by atoms with van der Waals surface area (Å²) in [6.07, 6.45) is 0. The summed E-state index contributed by atoms with van der Waals surface area (Å²) in [6, 6.07) is 10.7. The van der Waals surface area contributed by atoms with Gasteiger partial charge in [-0.1, -0.05) is 40.9 Å². The Bertz CT molecular complexity index is 587. The molecule has 2 aromatic rings. The van der Waals surface area contributed by atoms with Crippen molar-refractivity contribution in [3.8, 4) is 11.5 Å². The summed E-state index contributed by atoms with van der Waals surface area (Å²) in [4.78, 5) is 0. The van der Waals surface area contributed by atoms with Gasteiger partial charge in [0.25, 0.3) is 0 Å². The first-order valence-corrected chi connectivity index (χ1v) is 6.79. The SMILES string of the molecule is CNCc1ccc(Oc2ccc(Cl)c(Cl)c2)c(Cl)c1. The molecule has 0 bridgehead atoms.